The van der Waals surface area contributed by atoms with E-state index in [-0.39, 0.29) is 0 Å². The number of likely N-dealkylation sites (N-methyl/N-ethyl adjacent to an activating group) is 1. The molecule has 1 atom stereocenters. The molecule has 0 aromatic rings. The van der Waals surface area contributed by atoms with Crippen LogP contribution in [0.2, 0.25) is 0 Å². The molecule has 0 aliphatic carbocycles. The summed E-state index contributed by atoms with van der Waals surface area (Å²) >= 11 is 1.40. The zero-order valence-corrected chi connectivity index (χ0v) is 7.23. The number of hydrogen-bond donors (Lipinski definition) is 2. The van der Waals surface area contributed by atoms with Crippen LogP contribution in [-0.4, -0.2) is 28.7 Å². The zero-order valence-electron chi connectivity index (χ0n) is 6.42. The van der Waals surface area contributed by atoms with Crippen molar-refractivity contribution in [3.8, 4) is 0 Å². The second kappa shape index (κ2) is 4.57. The molecule has 0 spiro atoms. The van der Waals surface area contributed by atoms with Crippen LogP contribution in [0.15, 0.2) is 0 Å². The molecule has 0 amide bonds. The second-order valence-corrected chi connectivity index (χ2v) is 3.88. The smallest absolute Gasteiger partial charge is 0.331 e. The lowest BCUT2D eigenvalue weighted by Crippen LogP contribution is -2.31. The van der Waals surface area contributed by atoms with Gasteiger partial charge in [0.15, 0.2) is 5.37 Å². The molecule has 4 heteroatoms. The Labute approximate surface area is 65.2 Å². The van der Waals surface area contributed by atoms with E-state index in [0.717, 1.165) is 0 Å². The largest absolute Gasteiger partial charge is 0.479 e. The summed E-state index contributed by atoms with van der Waals surface area (Å²) in [4.78, 5) is 10.4. The third-order valence-corrected chi connectivity index (χ3v) is 2.15. The van der Waals surface area contributed by atoms with Crippen LogP contribution in [0.25, 0.3) is 0 Å². The summed E-state index contributed by atoms with van der Waals surface area (Å²) in [6.07, 6.45) is 0. The standard InChI is InChI=1S/C6H13NO2S/c1-4(2)10-5(7-3)6(8)9/h4-5,7H,1-3H3,(H,8,9). The first kappa shape index (κ1) is 9.78. The third kappa shape index (κ3) is 3.74. The Hall–Kier alpha value is -0.220. The summed E-state index contributed by atoms with van der Waals surface area (Å²) in [6.45, 7) is 3.94. The van der Waals surface area contributed by atoms with Gasteiger partial charge in [-0.3, -0.25) is 5.32 Å². The van der Waals surface area contributed by atoms with Crippen molar-refractivity contribution >= 4 is 17.7 Å². The molecule has 0 radical (unpaired) electrons. The SMILES string of the molecule is CNC(SC(C)C)C(=O)O. The molecule has 0 aromatic heterocycles. The van der Waals surface area contributed by atoms with Crippen LogP contribution in [0.5, 0.6) is 0 Å². The monoisotopic (exact) mass is 163 g/mol. The maximum absolute atomic E-state index is 10.4. The summed E-state index contributed by atoms with van der Waals surface area (Å²) in [5.74, 6) is -0.804. The molecule has 0 fully saturated rings. The first-order chi connectivity index (χ1) is 4.57. The number of carbonyl (C=O) groups is 1. The van der Waals surface area contributed by atoms with Gasteiger partial charge in [-0.1, -0.05) is 13.8 Å². The van der Waals surface area contributed by atoms with Crippen molar-refractivity contribution in [2.45, 2.75) is 24.5 Å². The van der Waals surface area contributed by atoms with Crippen LogP contribution in [0, 0.1) is 0 Å². The fourth-order valence-corrected chi connectivity index (χ4v) is 1.32. The second-order valence-electron chi connectivity index (χ2n) is 2.19. The first-order valence-corrected chi connectivity index (χ1v) is 4.07. The summed E-state index contributed by atoms with van der Waals surface area (Å²) in [7, 11) is 1.65. The lowest BCUT2D eigenvalue weighted by Gasteiger charge is -2.12. The number of nitrogens with one attached hydrogen (secondary N) is 1. The van der Waals surface area contributed by atoms with E-state index in [1.165, 1.54) is 11.8 Å². The van der Waals surface area contributed by atoms with E-state index in [1.54, 1.807) is 7.05 Å². The fourth-order valence-electron chi connectivity index (χ4n) is 0.522. The van der Waals surface area contributed by atoms with Crippen molar-refractivity contribution < 1.29 is 9.90 Å². The summed E-state index contributed by atoms with van der Waals surface area (Å²) in [5, 5.41) is 11.1. The Morgan fingerprint density at radius 3 is 2.20 bits per heavy atom. The molecule has 3 nitrogen and oxygen atoms in total. The molecule has 10 heavy (non-hydrogen) atoms. The van der Waals surface area contributed by atoms with Gasteiger partial charge >= 0.3 is 5.97 Å². The molecule has 0 saturated carbocycles. The number of thioether (sulfide) groups is 1. The Balaban J connectivity index is 3.72. The van der Waals surface area contributed by atoms with Gasteiger partial charge in [0, 0.05) is 5.25 Å². The maximum atomic E-state index is 10.4. The van der Waals surface area contributed by atoms with Crippen molar-refractivity contribution in [2.75, 3.05) is 7.05 Å². The van der Waals surface area contributed by atoms with Gasteiger partial charge in [0.2, 0.25) is 0 Å². The molecule has 1 unspecified atom stereocenters. The minimum atomic E-state index is -0.804. The molecule has 0 aromatic carbocycles. The minimum absolute atomic E-state index is 0.341. The Morgan fingerprint density at radius 2 is 2.10 bits per heavy atom. The molecule has 0 heterocycles. The summed E-state index contributed by atoms with van der Waals surface area (Å²) < 4.78 is 0. The number of rotatable bonds is 4. The van der Waals surface area contributed by atoms with Gasteiger partial charge in [-0.2, -0.15) is 0 Å². The van der Waals surface area contributed by atoms with Crippen LogP contribution >= 0.6 is 11.8 Å². The molecular formula is C6H13NO2S. The topological polar surface area (TPSA) is 49.3 Å². The number of carboxylic acids is 1. The lowest BCUT2D eigenvalue weighted by atomic mass is 10.6. The van der Waals surface area contributed by atoms with E-state index >= 15 is 0 Å². The van der Waals surface area contributed by atoms with Gasteiger partial charge in [0.05, 0.1) is 0 Å². The van der Waals surface area contributed by atoms with Gasteiger partial charge in [0.25, 0.3) is 0 Å². The lowest BCUT2D eigenvalue weighted by molar-refractivity contribution is -0.136. The normalized spacial score (nSPS) is 13.6. The van der Waals surface area contributed by atoms with Crippen LogP contribution in [0.3, 0.4) is 0 Å². The van der Waals surface area contributed by atoms with Crippen LogP contribution in [0.4, 0.5) is 0 Å². The minimum Gasteiger partial charge on any atom is -0.479 e. The van der Waals surface area contributed by atoms with Crippen LogP contribution < -0.4 is 5.32 Å². The molecule has 0 aliphatic heterocycles. The summed E-state index contributed by atoms with van der Waals surface area (Å²) in [5.41, 5.74) is 0. The van der Waals surface area contributed by atoms with Gasteiger partial charge < -0.3 is 5.11 Å². The van der Waals surface area contributed by atoms with Crippen molar-refractivity contribution in [3.63, 3.8) is 0 Å². The van der Waals surface area contributed by atoms with Crippen molar-refractivity contribution in [1.82, 2.24) is 5.32 Å². The predicted molar refractivity (Wildman–Crippen MR) is 43.2 cm³/mol. The van der Waals surface area contributed by atoms with Crippen molar-refractivity contribution in [1.29, 1.82) is 0 Å². The number of hydrogen-bond acceptors (Lipinski definition) is 3. The van der Waals surface area contributed by atoms with Crippen LogP contribution in [0.1, 0.15) is 13.8 Å². The molecule has 0 rings (SSSR count). The van der Waals surface area contributed by atoms with Gasteiger partial charge in [-0.15, -0.1) is 11.8 Å². The highest BCUT2D eigenvalue weighted by molar-refractivity contribution is 8.01. The Kier molecular flexibility index (Phi) is 4.47. The predicted octanol–water partition coefficient (Wildman–Crippen LogP) is 0.758. The van der Waals surface area contributed by atoms with E-state index in [9.17, 15) is 4.79 Å². The van der Waals surface area contributed by atoms with Crippen molar-refractivity contribution in [2.24, 2.45) is 0 Å². The van der Waals surface area contributed by atoms with Crippen molar-refractivity contribution in [3.05, 3.63) is 0 Å². The zero-order chi connectivity index (χ0) is 8.15. The molecule has 0 aliphatic rings. The van der Waals surface area contributed by atoms with Gasteiger partial charge in [0.1, 0.15) is 0 Å². The highest BCUT2D eigenvalue weighted by atomic mass is 32.2. The van der Waals surface area contributed by atoms with Gasteiger partial charge in [-0.05, 0) is 7.05 Å². The molecule has 2 N–H and O–H groups in total. The van der Waals surface area contributed by atoms with E-state index in [2.05, 4.69) is 5.32 Å². The highest BCUT2D eigenvalue weighted by Crippen LogP contribution is 2.14. The van der Waals surface area contributed by atoms with E-state index in [4.69, 9.17) is 5.11 Å². The molecule has 0 saturated heterocycles. The third-order valence-electron chi connectivity index (χ3n) is 0.895. The summed E-state index contributed by atoms with van der Waals surface area (Å²) in [6, 6.07) is 0. The van der Waals surface area contributed by atoms with E-state index < -0.39 is 11.3 Å². The molecular weight excluding hydrogens is 150 g/mol. The van der Waals surface area contributed by atoms with E-state index in [0.29, 0.717) is 5.25 Å². The van der Waals surface area contributed by atoms with Crippen LogP contribution in [-0.2, 0) is 4.79 Å². The molecule has 60 valence electrons. The average Bonchev–Trinajstić information content (AvgIpc) is 1.81. The fraction of sp³-hybridized carbons (Fsp3) is 0.833. The first-order valence-electron chi connectivity index (χ1n) is 3.13. The maximum Gasteiger partial charge on any atom is 0.331 e. The quantitative estimate of drug-likeness (QED) is 0.601. The average molecular weight is 163 g/mol. The number of aliphatic carboxylic acids is 1. The van der Waals surface area contributed by atoms with Gasteiger partial charge in [-0.25, -0.2) is 4.79 Å². The molecule has 0 bridgehead atoms. The Morgan fingerprint density at radius 1 is 1.60 bits per heavy atom. The van der Waals surface area contributed by atoms with E-state index in [1.807, 2.05) is 13.8 Å². The highest BCUT2D eigenvalue weighted by Gasteiger charge is 2.15. The number of carboxylic acid groups (broad SMARTS) is 1. The Bertz CT molecular complexity index is 116.